The highest BCUT2D eigenvalue weighted by Crippen LogP contribution is 2.42. The number of halogens is 4. The van der Waals surface area contributed by atoms with Crippen LogP contribution >= 0.6 is 22.6 Å². The van der Waals surface area contributed by atoms with Gasteiger partial charge in [0.2, 0.25) is 17.9 Å². The first-order chi connectivity index (χ1) is 19.5. The van der Waals surface area contributed by atoms with Crippen LogP contribution in [0.2, 0.25) is 0 Å². The fourth-order valence-electron chi connectivity index (χ4n) is 5.48. The second kappa shape index (κ2) is 11.5. The highest BCUT2D eigenvalue weighted by Gasteiger charge is 2.46. The van der Waals surface area contributed by atoms with Crippen LogP contribution in [-0.4, -0.2) is 62.7 Å². The summed E-state index contributed by atoms with van der Waals surface area (Å²) in [5.74, 6) is -1.03. The molecule has 1 aromatic carbocycles. The third-order valence-corrected chi connectivity index (χ3v) is 7.97. The van der Waals surface area contributed by atoms with Crippen LogP contribution in [0.1, 0.15) is 42.2 Å². The Hall–Kier alpha value is -3.40. The van der Waals surface area contributed by atoms with Gasteiger partial charge in [-0.2, -0.15) is 28.2 Å². The summed E-state index contributed by atoms with van der Waals surface area (Å²) in [4.78, 5) is 21.6. The molecule has 0 saturated carbocycles. The largest absolute Gasteiger partial charge is 0.480 e. The van der Waals surface area contributed by atoms with Crippen molar-refractivity contribution in [3.63, 3.8) is 0 Å². The van der Waals surface area contributed by atoms with E-state index in [1.165, 1.54) is 16.8 Å². The smallest absolute Gasteiger partial charge is 0.429 e. The summed E-state index contributed by atoms with van der Waals surface area (Å²) < 4.78 is 52.5. The van der Waals surface area contributed by atoms with Crippen LogP contribution < -0.4 is 20.7 Å². The Labute approximate surface area is 247 Å². The first kappa shape index (κ1) is 29.1. The van der Waals surface area contributed by atoms with Gasteiger partial charge in [0, 0.05) is 37.5 Å². The summed E-state index contributed by atoms with van der Waals surface area (Å²) in [6.07, 6.45) is -1.92. The lowest BCUT2D eigenvalue weighted by Crippen LogP contribution is -2.41. The third-order valence-electron chi connectivity index (χ3n) is 7.61. The highest BCUT2D eigenvalue weighted by molar-refractivity contribution is 14.1. The molecule has 5 rings (SSSR count). The molecule has 0 aliphatic carbocycles. The Morgan fingerprint density at radius 2 is 2.02 bits per heavy atom. The normalized spacial score (nSPS) is 19.6. The SMILES string of the molecule is Cc1ccn(-c2ccc(/C=C/I)cc2[C@@H](Oc2cc(N3CCC4(CC3)CN[C@H](C(=O)O)C4)nc(N)n2)C(F)(F)F)n1. The third kappa shape index (κ3) is 6.42. The van der Waals surface area contributed by atoms with E-state index >= 15 is 0 Å². The Balaban J connectivity index is 1.43. The predicted octanol–water partition coefficient (Wildman–Crippen LogP) is 4.67. The van der Waals surface area contributed by atoms with Gasteiger partial charge in [-0.3, -0.25) is 4.79 Å². The number of nitrogens with one attached hydrogen (secondary N) is 1. The Morgan fingerprint density at radius 1 is 1.27 bits per heavy atom. The fraction of sp³-hybridized carbons (Fsp3) is 0.407. The van der Waals surface area contributed by atoms with Crippen LogP contribution in [0.5, 0.6) is 5.88 Å². The number of carboxylic acid groups (broad SMARTS) is 1. The average Bonchev–Trinajstić information content (AvgIpc) is 3.53. The molecule has 2 aliphatic heterocycles. The Morgan fingerprint density at radius 3 is 2.63 bits per heavy atom. The van der Waals surface area contributed by atoms with Gasteiger partial charge in [-0.05, 0) is 65.5 Å². The van der Waals surface area contributed by atoms with Crippen LogP contribution in [0.15, 0.2) is 40.6 Å². The van der Waals surface area contributed by atoms with E-state index in [9.17, 15) is 23.1 Å². The first-order valence-electron chi connectivity index (χ1n) is 13.0. The molecule has 0 unspecified atom stereocenters. The van der Waals surface area contributed by atoms with Crippen molar-refractivity contribution in [1.29, 1.82) is 0 Å². The van der Waals surface area contributed by atoms with Gasteiger partial charge in [0.05, 0.1) is 11.4 Å². The number of ether oxygens (including phenoxy) is 1. The molecule has 0 amide bonds. The number of nitrogens with zero attached hydrogens (tertiary/aromatic N) is 5. The molecule has 1 spiro atoms. The van der Waals surface area contributed by atoms with Gasteiger partial charge in [-0.15, -0.1) is 0 Å². The summed E-state index contributed by atoms with van der Waals surface area (Å²) in [5.41, 5.74) is 7.10. The highest BCUT2D eigenvalue weighted by atomic mass is 127. The zero-order valence-corrected chi connectivity index (χ0v) is 24.3. The van der Waals surface area contributed by atoms with Crippen molar-refractivity contribution in [2.45, 2.75) is 44.5 Å². The molecule has 41 heavy (non-hydrogen) atoms. The molecule has 2 fully saturated rings. The van der Waals surface area contributed by atoms with E-state index < -0.39 is 24.3 Å². The molecule has 4 N–H and O–H groups in total. The lowest BCUT2D eigenvalue weighted by atomic mass is 9.76. The minimum Gasteiger partial charge on any atom is -0.480 e. The van der Waals surface area contributed by atoms with Gasteiger partial charge in [0.1, 0.15) is 11.9 Å². The maximum atomic E-state index is 14.6. The maximum Gasteiger partial charge on any atom is 0.429 e. The van der Waals surface area contributed by atoms with Crippen molar-refractivity contribution in [3.8, 4) is 11.6 Å². The second-order valence-corrected chi connectivity index (χ2v) is 11.2. The summed E-state index contributed by atoms with van der Waals surface area (Å²) in [6, 6.07) is 7.21. The van der Waals surface area contributed by atoms with Crippen LogP contribution in [0.4, 0.5) is 24.9 Å². The summed E-state index contributed by atoms with van der Waals surface area (Å²) in [7, 11) is 0. The summed E-state index contributed by atoms with van der Waals surface area (Å²) in [6.45, 7) is 3.44. The lowest BCUT2D eigenvalue weighted by molar-refractivity contribution is -0.198. The fourth-order valence-corrected chi connectivity index (χ4v) is 5.90. The van der Waals surface area contributed by atoms with E-state index in [0.29, 0.717) is 56.0 Å². The van der Waals surface area contributed by atoms with E-state index in [-0.39, 0.29) is 28.5 Å². The minimum atomic E-state index is -4.79. The topological polar surface area (TPSA) is 131 Å². The number of aliphatic carboxylic acids is 1. The number of piperidine rings is 1. The lowest BCUT2D eigenvalue weighted by Gasteiger charge is -2.39. The minimum absolute atomic E-state index is 0.132. The maximum absolute atomic E-state index is 14.6. The van der Waals surface area contributed by atoms with Gasteiger partial charge >= 0.3 is 12.1 Å². The van der Waals surface area contributed by atoms with E-state index in [2.05, 4.69) is 20.4 Å². The molecule has 0 bridgehead atoms. The Bertz CT molecular complexity index is 1450. The van der Waals surface area contributed by atoms with E-state index in [0.717, 1.165) is 0 Å². The molecule has 0 radical (unpaired) electrons. The Kier molecular flexibility index (Phi) is 8.14. The number of benzene rings is 1. The van der Waals surface area contributed by atoms with E-state index in [4.69, 9.17) is 10.5 Å². The van der Waals surface area contributed by atoms with Gasteiger partial charge in [0.25, 0.3) is 0 Å². The molecular formula is C27H29F3IN7O3. The molecule has 4 heterocycles. The van der Waals surface area contributed by atoms with Gasteiger partial charge in [-0.1, -0.05) is 28.7 Å². The predicted molar refractivity (Wildman–Crippen MR) is 155 cm³/mol. The molecular weight excluding hydrogens is 654 g/mol. The molecule has 2 aromatic heterocycles. The number of nitrogens with two attached hydrogens (primary N) is 1. The number of carbonyl (C=O) groups is 1. The van der Waals surface area contributed by atoms with Gasteiger partial charge in [0.15, 0.2) is 0 Å². The quantitative estimate of drug-likeness (QED) is 0.304. The van der Waals surface area contributed by atoms with Crippen LogP contribution in [0.3, 0.4) is 0 Å². The van der Waals surface area contributed by atoms with Crippen molar-refractivity contribution in [3.05, 3.63) is 57.4 Å². The zero-order chi connectivity index (χ0) is 29.4. The van der Waals surface area contributed by atoms with Crippen LogP contribution in [0.25, 0.3) is 11.8 Å². The van der Waals surface area contributed by atoms with E-state index in [1.54, 1.807) is 41.5 Å². The van der Waals surface area contributed by atoms with E-state index in [1.807, 2.05) is 27.5 Å². The van der Waals surface area contributed by atoms with Crippen molar-refractivity contribution < 1.29 is 27.8 Å². The van der Waals surface area contributed by atoms with Crippen LogP contribution in [0, 0.1) is 12.3 Å². The molecule has 10 nitrogen and oxygen atoms in total. The number of nitrogen functional groups attached to an aromatic ring is 1. The van der Waals surface area contributed by atoms with Crippen molar-refractivity contribution in [2.75, 3.05) is 30.3 Å². The number of anilines is 2. The molecule has 2 atom stereocenters. The number of rotatable bonds is 7. The number of carboxylic acids is 1. The average molecular weight is 683 g/mol. The van der Waals surface area contributed by atoms with Crippen LogP contribution in [-0.2, 0) is 4.79 Å². The monoisotopic (exact) mass is 683 g/mol. The molecule has 218 valence electrons. The number of alkyl halides is 3. The van der Waals surface area contributed by atoms with Gasteiger partial charge in [-0.25, -0.2) is 4.68 Å². The molecule has 2 aliphatic rings. The van der Waals surface area contributed by atoms with Gasteiger partial charge < -0.3 is 25.8 Å². The van der Waals surface area contributed by atoms with Crippen molar-refractivity contribution in [1.82, 2.24) is 25.1 Å². The number of aromatic nitrogens is 4. The standard InChI is InChI=1S/C27H29F3IN7O3/c1-16-5-9-38(36-16)20-3-2-17(4-8-31)12-18(20)23(27(28,29)30)41-22-13-21(34-25(32)35-22)37-10-6-26(7-11-37)14-19(24(39)40)33-15-26/h2-5,8-9,12-13,19,23,33H,6-7,10-11,14-15H2,1H3,(H,39,40)(H2,32,34,35)/b8-4+/t19-,23+/m0/s1. The van der Waals surface area contributed by atoms with Crippen molar-refractivity contribution in [2.24, 2.45) is 5.41 Å². The number of hydrogen-bond donors (Lipinski definition) is 3. The summed E-state index contributed by atoms with van der Waals surface area (Å²) >= 11 is 2.00. The molecule has 14 heteroatoms. The first-order valence-corrected chi connectivity index (χ1v) is 14.2. The second-order valence-electron chi connectivity index (χ2n) is 10.4. The molecule has 2 saturated heterocycles. The molecule has 3 aromatic rings. The number of hydrogen-bond acceptors (Lipinski definition) is 8. The summed E-state index contributed by atoms with van der Waals surface area (Å²) in [5, 5.41) is 16.7. The number of aryl methyl sites for hydroxylation is 1. The van der Waals surface area contributed by atoms with Crippen molar-refractivity contribution >= 4 is 46.4 Å². The zero-order valence-electron chi connectivity index (χ0n) is 22.1.